The molecule has 0 aliphatic carbocycles. The number of unbranched alkanes of at least 4 members (excludes halogenated alkanes) is 1. The number of hydrogen-bond acceptors (Lipinski definition) is 5. The highest BCUT2D eigenvalue weighted by Gasteiger charge is 2.21. The summed E-state index contributed by atoms with van der Waals surface area (Å²) in [6.07, 6.45) is 7.22. The molecule has 0 bridgehead atoms. The van der Waals surface area contributed by atoms with Crippen molar-refractivity contribution in [1.29, 1.82) is 0 Å². The summed E-state index contributed by atoms with van der Waals surface area (Å²) in [7, 11) is 0. The maximum atomic E-state index is 4.33. The molecule has 0 amide bonds. The first-order valence-electron chi connectivity index (χ1n) is 8.19. The molecule has 1 aliphatic heterocycles. The number of fused-ring (bicyclic) bond motifs is 1. The van der Waals surface area contributed by atoms with Crippen molar-refractivity contribution in [2.45, 2.75) is 52.5 Å². The molecule has 118 valence electrons. The van der Waals surface area contributed by atoms with Gasteiger partial charge in [-0.05, 0) is 32.1 Å². The summed E-state index contributed by atoms with van der Waals surface area (Å²) >= 11 is 0. The Morgan fingerprint density at radius 3 is 3.09 bits per heavy atom. The van der Waals surface area contributed by atoms with E-state index in [4.69, 9.17) is 0 Å². The Hall–Kier alpha value is -1.98. The van der Waals surface area contributed by atoms with E-state index in [0.29, 0.717) is 5.92 Å². The average molecular weight is 300 g/mol. The van der Waals surface area contributed by atoms with Crippen molar-refractivity contribution in [3.63, 3.8) is 0 Å². The van der Waals surface area contributed by atoms with E-state index in [1.54, 1.807) is 6.33 Å². The fourth-order valence-electron chi connectivity index (χ4n) is 2.93. The van der Waals surface area contributed by atoms with Crippen molar-refractivity contribution in [3.8, 4) is 0 Å². The van der Waals surface area contributed by atoms with E-state index < -0.39 is 0 Å². The van der Waals surface area contributed by atoms with Crippen LogP contribution in [-0.2, 0) is 19.4 Å². The lowest BCUT2D eigenvalue weighted by Crippen LogP contribution is -2.27. The molecule has 1 N–H and O–H groups in total. The van der Waals surface area contributed by atoms with Gasteiger partial charge in [-0.15, -0.1) is 10.2 Å². The molecular weight excluding hydrogens is 276 g/mol. The van der Waals surface area contributed by atoms with Gasteiger partial charge in [0.1, 0.15) is 23.8 Å². The summed E-state index contributed by atoms with van der Waals surface area (Å²) in [5.74, 6) is 3.67. The van der Waals surface area contributed by atoms with E-state index in [9.17, 15) is 0 Å². The van der Waals surface area contributed by atoms with E-state index in [0.717, 1.165) is 55.5 Å². The molecule has 0 spiro atoms. The van der Waals surface area contributed by atoms with E-state index >= 15 is 0 Å². The van der Waals surface area contributed by atoms with Crippen molar-refractivity contribution in [2.75, 3.05) is 11.9 Å². The van der Waals surface area contributed by atoms with Gasteiger partial charge in [0.2, 0.25) is 0 Å². The number of nitrogens with zero attached hydrogens (tertiary/aromatic N) is 5. The van der Waals surface area contributed by atoms with Gasteiger partial charge in [0.05, 0.1) is 0 Å². The third kappa shape index (κ3) is 3.43. The Kier molecular flexibility index (Phi) is 4.65. The Morgan fingerprint density at radius 1 is 1.32 bits per heavy atom. The molecule has 1 aliphatic rings. The second kappa shape index (κ2) is 6.85. The van der Waals surface area contributed by atoms with Gasteiger partial charge in [-0.25, -0.2) is 9.97 Å². The number of hydrogen-bond donors (Lipinski definition) is 1. The molecule has 6 nitrogen and oxygen atoms in total. The number of anilines is 1. The minimum absolute atomic E-state index is 0.594. The van der Waals surface area contributed by atoms with Crippen molar-refractivity contribution in [3.05, 3.63) is 29.7 Å². The van der Waals surface area contributed by atoms with Crippen LogP contribution in [0.25, 0.3) is 0 Å². The Labute approximate surface area is 131 Å². The highest BCUT2D eigenvalue weighted by molar-refractivity contribution is 5.34. The zero-order valence-corrected chi connectivity index (χ0v) is 13.4. The molecular formula is C16H24N6. The number of aryl methyl sites for hydroxylation is 3. The topological polar surface area (TPSA) is 68.5 Å². The summed E-state index contributed by atoms with van der Waals surface area (Å²) in [5.41, 5.74) is 1.12. The second-order valence-corrected chi connectivity index (χ2v) is 6.06. The molecule has 1 unspecified atom stereocenters. The fourth-order valence-corrected chi connectivity index (χ4v) is 2.93. The number of rotatable bonds is 6. The van der Waals surface area contributed by atoms with Crippen LogP contribution in [0.2, 0.25) is 0 Å². The van der Waals surface area contributed by atoms with Gasteiger partial charge in [-0.2, -0.15) is 0 Å². The van der Waals surface area contributed by atoms with E-state index in [1.165, 1.54) is 12.8 Å². The predicted molar refractivity (Wildman–Crippen MR) is 85.7 cm³/mol. The zero-order chi connectivity index (χ0) is 15.4. The molecule has 2 aromatic heterocycles. The van der Waals surface area contributed by atoms with Crippen LogP contribution in [0.15, 0.2) is 12.4 Å². The number of nitrogens with one attached hydrogen (secondary N) is 1. The summed E-state index contributed by atoms with van der Waals surface area (Å²) in [4.78, 5) is 8.66. The van der Waals surface area contributed by atoms with Crippen LogP contribution in [0.3, 0.4) is 0 Å². The number of aromatic nitrogens is 5. The first-order chi connectivity index (χ1) is 10.8. The van der Waals surface area contributed by atoms with Crippen LogP contribution in [0, 0.1) is 12.8 Å². The molecule has 0 fully saturated rings. The molecule has 0 radical (unpaired) electrons. The summed E-state index contributed by atoms with van der Waals surface area (Å²) in [6.45, 7) is 6.15. The Bertz CT molecular complexity index is 621. The van der Waals surface area contributed by atoms with Gasteiger partial charge in [0.25, 0.3) is 0 Å². The molecule has 0 saturated heterocycles. The minimum atomic E-state index is 0.594. The molecule has 6 heteroatoms. The van der Waals surface area contributed by atoms with Gasteiger partial charge in [-0.1, -0.05) is 13.3 Å². The highest BCUT2D eigenvalue weighted by atomic mass is 15.3. The lowest BCUT2D eigenvalue weighted by molar-refractivity contribution is 0.376. The van der Waals surface area contributed by atoms with Crippen LogP contribution in [-0.4, -0.2) is 31.3 Å². The third-order valence-electron chi connectivity index (χ3n) is 4.31. The van der Waals surface area contributed by atoms with Crippen LogP contribution >= 0.6 is 0 Å². The van der Waals surface area contributed by atoms with E-state index in [-0.39, 0.29) is 0 Å². The lowest BCUT2D eigenvalue weighted by atomic mass is 9.99. The lowest BCUT2D eigenvalue weighted by Gasteiger charge is -2.24. The summed E-state index contributed by atoms with van der Waals surface area (Å²) in [5, 5.41) is 11.9. The van der Waals surface area contributed by atoms with Crippen LogP contribution in [0.4, 0.5) is 5.82 Å². The Balaban J connectivity index is 1.56. The average Bonchev–Trinajstić information content (AvgIpc) is 2.92. The van der Waals surface area contributed by atoms with E-state index in [1.807, 2.05) is 6.92 Å². The first-order valence-corrected chi connectivity index (χ1v) is 8.19. The van der Waals surface area contributed by atoms with Crippen LogP contribution in [0.5, 0.6) is 0 Å². The maximum absolute atomic E-state index is 4.33. The largest absolute Gasteiger partial charge is 0.370 e. The normalized spacial score (nSPS) is 17.3. The minimum Gasteiger partial charge on any atom is -0.370 e. The van der Waals surface area contributed by atoms with Gasteiger partial charge >= 0.3 is 0 Å². The summed E-state index contributed by atoms with van der Waals surface area (Å²) in [6, 6.07) is 2.08. The molecule has 0 saturated carbocycles. The SMILES string of the molecule is CCCCc1cc(NCC2CCc3nnc(C)n3C2)ncn1. The predicted octanol–water partition coefficient (Wildman–Crippen LogP) is 2.39. The molecule has 2 aromatic rings. The molecule has 1 atom stereocenters. The van der Waals surface area contributed by atoms with Crippen molar-refractivity contribution in [2.24, 2.45) is 5.92 Å². The first kappa shape index (κ1) is 14.9. The highest BCUT2D eigenvalue weighted by Crippen LogP contribution is 2.20. The fraction of sp³-hybridized carbons (Fsp3) is 0.625. The smallest absolute Gasteiger partial charge is 0.133 e. The molecule has 22 heavy (non-hydrogen) atoms. The Morgan fingerprint density at radius 2 is 2.23 bits per heavy atom. The molecule has 3 rings (SSSR count). The van der Waals surface area contributed by atoms with Gasteiger partial charge in [-0.3, -0.25) is 0 Å². The third-order valence-corrected chi connectivity index (χ3v) is 4.31. The zero-order valence-electron chi connectivity index (χ0n) is 13.4. The summed E-state index contributed by atoms with van der Waals surface area (Å²) < 4.78 is 2.24. The van der Waals surface area contributed by atoms with Gasteiger partial charge in [0, 0.05) is 31.3 Å². The standard InChI is InChI=1S/C16H24N6/c1-3-4-5-14-8-15(19-11-18-14)17-9-13-6-7-16-21-20-12(2)22(16)10-13/h8,11,13H,3-7,9-10H2,1-2H3,(H,17,18,19). The molecule has 3 heterocycles. The van der Waals surface area contributed by atoms with Crippen LogP contribution < -0.4 is 5.32 Å². The van der Waals surface area contributed by atoms with Crippen molar-refractivity contribution >= 4 is 5.82 Å². The maximum Gasteiger partial charge on any atom is 0.133 e. The second-order valence-electron chi connectivity index (χ2n) is 6.06. The quantitative estimate of drug-likeness (QED) is 0.887. The van der Waals surface area contributed by atoms with Crippen molar-refractivity contribution < 1.29 is 0 Å². The van der Waals surface area contributed by atoms with Crippen molar-refractivity contribution in [1.82, 2.24) is 24.7 Å². The monoisotopic (exact) mass is 300 g/mol. The molecule has 0 aromatic carbocycles. The van der Waals surface area contributed by atoms with Gasteiger partial charge < -0.3 is 9.88 Å². The van der Waals surface area contributed by atoms with Crippen LogP contribution in [0.1, 0.15) is 43.5 Å². The van der Waals surface area contributed by atoms with Gasteiger partial charge in [0.15, 0.2) is 0 Å². The van der Waals surface area contributed by atoms with E-state index in [2.05, 4.69) is 43.0 Å².